The van der Waals surface area contributed by atoms with Crippen LogP contribution >= 0.6 is 11.6 Å². The number of alkyl halides is 1. The average molecular weight is 244 g/mol. The average Bonchev–Trinajstić information content (AvgIpc) is 2.28. The van der Waals surface area contributed by atoms with Crippen LogP contribution in [0.15, 0.2) is 18.2 Å². The van der Waals surface area contributed by atoms with Crippen LogP contribution in [0.25, 0.3) is 0 Å². The molecule has 0 atom stereocenters. The van der Waals surface area contributed by atoms with Gasteiger partial charge in [0, 0.05) is 38.3 Å². The number of hydrogen-bond acceptors (Lipinski definition) is 4. The molecule has 1 rings (SSSR count). The zero-order chi connectivity index (χ0) is 12.1. The van der Waals surface area contributed by atoms with E-state index in [1.54, 1.807) is 19.2 Å². The van der Waals surface area contributed by atoms with Gasteiger partial charge in [0.15, 0.2) is 0 Å². The zero-order valence-electron chi connectivity index (χ0n) is 9.24. The second-order valence-electron chi connectivity index (χ2n) is 3.32. The summed E-state index contributed by atoms with van der Waals surface area (Å²) in [5.74, 6) is 0.484. The highest BCUT2D eigenvalue weighted by Gasteiger charge is 2.14. The molecule has 1 aromatic rings. The van der Waals surface area contributed by atoms with Crippen molar-refractivity contribution in [2.45, 2.75) is 0 Å². The second kappa shape index (κ2) is 5.55. The van der Waals surface area contributed by atoms with Gasteiger partial charge in [-0.1, -0.05) is 0 Å². The van der Waals surface area contributed by atoms with E-state index >= 15 is 0 Å². The SMILES string of the molecule is CNc1ccc(N(C)CCCl)cc1[N+](=O)[O-]. The molecular formula is C10H14ClN3O2. The number of benzene rings is 1. The predicted molar refractivity (Wildman–Crippen MR) is 66.6 cm³/mol. The molecule has 0 aliphatic carbocycles. The van der Waals surface area contributed by atoms with Gasteiger partial charge in [0.2, 0.25) is 0 Å². The highest BCUT2D eigenvalue weighted by molar-refractivity contribution is 6.18. The van der Waals surface area contributed by atoms with Gasteiger partial charge < -0.3 is 10.2 Å². The monoisotopic (exact) mass is 243 g/mol. The molecule has 1 aromatic carbocycles. The molecule has 1 N–H and O–H groups in total. The Balaban J connectivity index is 3.06. The van der Waals surface area contributed by atoms with Gasteiger partial charge in [-0.05, 0) is 12.1 Å². The van der Waals surface area contributed by atoms with Gasteiger partial charge in [-0.25, -0.2) is 0 Å². The van der Waals surface area contributed by atoms with Crippen LogP contribution in [0.2, 0.25) is 0 Å². The Morgan fingerprint density at radius 3 is 2.75 bits per heavy atom. The maximum Gasteiger partial charge on any atom is 0.294 e. The standard InChI is InChI=1S/C10H14ClN3O2/c1-12-9-4-3-8(13(2)6-5-11)7-10(9)14(15)16/h3-4,7,12H,5-6H2,1-2H3. The van der Waals surface area contributed by atoms with Crippen molar-refractivity contribution in [3.63, 3.8) is 0 Å². The normalized spacial score (nSPS) is 9.94. The molecule has 0 heterocycles. The molecule has 0 aliphatic heterocycles. The van der Waals surface area contributed by atoms with Crippen LogP contribution in [0.4, 0.5) is 17.1 Å². The number of nitro groups is 1. The van der Waals surface area contributed by atoms with Gasteiger partial charge in [0.1, 0.15) is 5.69 Å². The molecule has 0 aromatic heterocycles. The van der Waals surface area contributed by atoms with Crippen molar-refractivity contribution in [3.05, 3.63) is 28.3 Å². The number of anilines is 2. The third kappa shape index (κ3) is 2.76. The Labute approximate surface area is 99.2 Å². The second-order valence-corrected chi connectivity index (χ2v) is 3.70. The third-order valence-corrected chi connectivity index (χ3v) is 2.48. The predicted octanol–water partition coefficient (Wildman–Crippen LogP) is 2.31. The van der Waals surface area contributed by atoms with E-state index in [4.69, 9.17) is 11.6 Å². The Morgan fingerprint density at radius 2 is 2.25 bits per heavy atom. The molecule has 6 heteroatoms. The number of hydrogen-bond donors (Lipinski definition) is 1. The highest BCUT2D eigenvalue weighted by Crippen LogP contribution is 2.28. The molecule has 88 valence electrons. The molecule has 0 aliphatic rings. The number of nitrogens with one attached hydrogen (secondary N) is 1. The summed E-state index contributed by atoms with van der Waals surface area (Å²) in [6, 6.07) is 5.06. The first-order valence-corrected chi connectivity index (χ1v) is 5.37. The van der Waals surface area contributed by atoms with E-state index in [0.29, 0.717) is 18.1 Å². The molecule has 0 saturated heterocycles. The van der Waals surface area contributed by atoms with Crippen molar-refractivity contribution in [2.75, 3.05) is 36.7 Å². The maximum atomic E-state index is 10.8. The van der Waals surface area contributed by atoms with E-state index in [9.17, 15) is 10.1 Å². The Hall–Kier alpha value is -1.49. The van der Waals surface area contributed by atoms with Crippen molar-refractivity contribution in [1.82, 2.24) is 0 Å². The van der Waals surface area contributed by atoms with Gasteiger partial charge in [-0.3, -0.25) is 10.1 Å². The summed E-state index contributed by atoms with van der Waals surface area (Å²) in [6.45, 7) is 0.650. The van der Waals surface area contributed by atoms with Gasteiger partial charge in [0.05, 0.1) is 4.92 Å². The van der Waals surface area contributed by atoms with Crippen molar-refractivity contribution >= 4 is 28.7 Å². The Bertz CT molecular complexity index is 384. The molecule has 16 heavy (non-hydrogen) atoms. The molecule has 0 radical (unpaired) electrons. The molecule has 0 amide bonds. The quantitative estimate of drug-likeness (QED) is 0.490. The molecular weight excluding hydrogens is 230 g/mol. The topological polar surface area (TPSA) is 58.4 Å². The van der Waals surface area contributed by atoms with Crippen LogP contribution in [-0.4, -0.2) is 31.4 Å². The lowest BCUT2D eigenvalue weighted by Gasteiger charge is -2.18. The molecule has 5 nitrogen and oxygen atoms in total. The van der Waals surface area contributed by atoms with E-state index in [0.717, 1.165) is 5.69 Å². The molecule has 0 unspecified atom stereocenters. The summed E-state index contributed by atoms with van der Waals surface area (Å²) in [7, 11) is 3.50. The van der Waals surface area contributed by atoms with Crippen molar-refractivity contribution in [3.8, 4) is 0 Å². The lowest BCUT2D eigenvalue weighted by molar-refractivity contribution is -0.383. The largest absolute Gasteiger partial charge is 0.383 e. The van der Waals surface area contributed by atoms with E-state index < -0.39 is 4.92 Å². The summed E-state index contributed by atoms with van der Waals surface area (Å²) in [5.41, 5.74) is 1.36. The van der Waals surface area contributed by atoms with Crippen molar-refractivity contribution < 1.29 is 4.92 Å². The zero-order valence-corrected chi connectivity index (χ0v) is 9.99. The third-order valence-electron chi connectivity index (χ3n) is 2.31. The van der Waals surface area contributed by atoms with Crippen molar-refractivity contribution in [1.29, 1.82) is 0 Å². The Kier molecular flexibility index (Phi) is 4.37. The summed E-state index contributed by atoms with van der Waals surface area (Å²) in [5, 5.41) is 13.6. The number of halogens is 1. The van der Waals surface area contributed by atoms with E-state index in [2.05, 4.69) is 5.32 Å². The maximum absolute atomic E-state index is 10.8. The Morgan fingerprint density at radius 1 is 1.56 bits per heavy atom. The minimum absolute atomic E-state index is 0.0708. The van der Waals surface area contributed by atoms with E-state index in [1.807, 2.05) is 18.0 Å². The van der Waals surface area contributed by atoms with Crippen LogP contribution in [0.3, 0.4) is 0 Å². The number of nitrogens with zero attached hydrogens (tertiary/aromatic N) is 2. The number of nitro benzene ring substituents is 1. The van der Waals surface area contributed by atoms with Gasteiger partial charge in [-0.15, -0.1) is 11.6 Å². The smallest absolute Gasteiger partial charge is 0.294 e. The summed E-state index contributed by atoms with van der Waals surface area (Å²) in [6.07, 6.45) is 0. The van der Waals surface area contributed by atoms with Gasteiger partial charge >= 0.3 is 0 Å². The first-order chi connectivity index (χ1) is 7.60. The van der Waals surface area contributed by atoms with Crippen molar-refractivity contribution in [2.24, 2.45) is 0 Å². The molecule has 0 spiro atoms. The lowest BCUT2D eigenvalue weighted by atomic mass is 10.2. The minimum atomic E-state index is -0.399. The van der Waals surface area contributed by atoms with E-state index in [1.165, 1.54) is 0 Å². The highest BCUT2D eigenvalue weighted by atomic mass is 35.5. The van der Waals surface area contributed by atoms with Crippen LogP contribution in [0.5, 0.6) is 0 Å². The molecule has 0 fully saturated rings. The van der Waals surface area contributed by atoms with Gasteiger partial charge in [0.25, 0.3) is 5.69 Å². The number of rotatable bonds is 5. The lowest BCUT2D eigenvalue weighted by Crippen LogP contribution is -2.19. The van der Waals surface area contributed by atoms with E-state index in [-0.39, 0.29) is 5.69 Å². The summed E-state index contributed by atoms with van der Waals surface area (Å²) < 4.78 is 0. The fourth-order valence-corrected chi connectivity index (χ4v) is 1.63. The van der Waals surface area contributed by atoms with Crippen LogP contribution in [0, 0.1) is 10.1 Å². The summed E-state index contributed by atoms with van der Waals surface area (Å²) in [4.78, 5) is 12.3. The minimum Gasteiger partial charge on any atom is -0.383 e. The fraction of sp³-hybridized carbons (Fsp3) is 0.400. The van der Waals surface area contributed by atoms with Crippen LogP contribution in [0.1, 0.15) is 0 Å². The first kappa shape index (κ1) is 12.6. The van der Waals surface area contributed by atoms with Crippen LogP contribution < -0.4 is 10.2 Å². The van der Waals surface area contributed by atoms with Gasteiger partial charge in [-0.2, -0.15) is 0 Å². The fourth-order valence-electron chi connectivity index (χ4n) is 1.38. The molecule has 0 saturated carbocycles. The molecule has 0 bridgehead atoms. The van der Waals surface area contributed by atoms with Crippen LogP contribution in [-0.2, 0) is 0 Å². The summed E-state index contributed by atoms with van der Waals surface area (Å²) >= 11 is 5.62. The first-order valence-electron chi connectivity index (χ1n) is 4.83.